The van der Waals surface area contributed by atoms with Crippen molar-refractivity contribution in [2.24, 2.45) is 0 Å². The number of ether oxygens (including phenoxy) is 2. The maximum atomic E-state index is 13.7. The predicted octanol–water partition coefficient (Wildman–Crippen LogP) is 5.22. The van der Waals surface area contributed by atoms with E-state index in [0.29, 0.717) is 41.6 Å². The van der Waals surface area contributed by atoms with Gasteiger partial charge in [0.2, 0.25) is 0 Å². The molecule has 1 aromatic heterocycles. The van der Waals surface area contributed by atoms with E-state index in [9.17, 15) is 22.8 Å². The highest BCUT2D eigenvalue weighted by atomic mass is 35.5. The molecule has 9 nitrogen and oxygen atoms in total. The summed E-state index contributed by atoms with van der Waals surface area (Å²) in [5, 5.41) is 12.2. The van der Waals surface area contributed by atoms with Gasteiger partial charge in [-0.25, -0.2) is 4.79 Å². The number of rotatable bonds is 5. The Balaban J connectivity index is 1.41. The topological polar surface area (TPSA) is 98.6 Å². The predicted molar refractivity (Wildman–Crippen MR) is 138 cm³/mol. The zero-order valence-corrected chi connectivity index (χ0v) is 22.5. The van der Waals surface area contributed by atoms with E-state index in [0.717, 1.165) is 17.7 Å². The molecular weight excluding hydrogens is 551 g/mol. The van der Waals surface area contributed by atoms with Crippen LogP contribution in [-0.4, -0.2) is 50.9 Å². The zero-order valence-electron chi connectivity index (χ0n) is 21.7. The number of esters is 1. The summed E-state index contributed by atoms with van der Waals surface area (Å²) in [7, 11) is 0. The number of urea groups is 1. The minimum atomic E-state index is -4.51. The number of nitrogens with zero attached hydrogens (tertiary/aromatic N) is 4. The quantitative estimate of drug-likeness (QED) is 0.418. The molecule has 212 valence electrons. The summed E-state index contributed by atoms with van der Waals surface area (Å²) in [5.41, 5.74) is 0.593. The number of carbonyl (C=O) groups is 2. The van der Waals surface area contributed by atoms with Gasteiger partial charge in [-0.15, -0.1) is 10.2 Å². The van der Waals surface area contributed by atoms with Crippen LogP contribution in [0.4, 0.5) is 18.0 Å². The number of nitrogens with one attached hydrogen (secondary N) is 1. The van der Waals surface area contributed by atoms with Crippen molar-refractivity contribution in [3.8, 4) is 5.75 Å². The van der Waals surface area contributed by atoms with Crippen LogP contribution in [0.15, 0.2) is 42.5 Å². The minimum Gasteiger partial charge on any atom is -0.493 e. The number of aromatic nitrogens is 3. The first-order valence-electron chi connectivity index (χ1n) is 12.7. The van der Waals surface area contributed by atoms with Gasteiger partial charge >= 0.3 is 18.2 Å². The Morgan fingerprint density at radius 2 is 1.93 bits per heavy atom. The molecule has 40 heavy (non-hydrogen) atoms. The van der Waals surface area contributed by atoms with Crippen LogP contribution in [0.1, 0.15) is 60.2 Å². The van der Waals surface area contributed by atoms with Gasteiger partial charge < -0.3 is 24.3 Å². The van der Waals surface area contributed by atoms with Crippen LogP contribution in [0.3, 0.4) is 0 Å². The zero-order chi connectivity index (χ0) is 28.6. The fourth-order valence-electron chi connectivity index (χ4n) is 5.15. The van der Waals surface area contributed by atoms with E-state index in [4.69, 9.17) is 21.1 Å². The molecule has 1 fully saturated rings. The Kier molecular flexibility index (Phi) is 7.63. The number of likely N-dealkylation sites (tertiary alicyclic amines) is 1. The van der Waals surface area contributed by atoms with E-state index in [2.05, 4.69) is 15.5 Å². The number of aryl methyl sites for hydroxylation is 1. The highest BCUT2D eigenvalue weighted by Crippen LogP contribution is 2.39. The van der Waals surface area contributed by atoms with Crippen LogP contribution in [-0.2, 0) is 22.3 Å². The maximum Gasteiger partial charge on any atom is 0.416 e. The molecule has 0 bridgehead atoms. The molecule has 3 atom stereocenters. The molecular formula is C27H27ClF3N5O4. The first-order chi connectivity index (χ1) is 19.0. The largest absolute Gasteiger partial charge is 0.493 e. The van der Waals surface area contributed by atoms with E-state index in [1.807, 2.05) is 23.6 Å². The SMILES string of the molecule is CC(=O)OC1C[C@H](c2nnc(C)n2Cc2ccc(Cl)cc2)N(C(=O)NC2CCOc3cc(C(F)(F)F)ccc32)C1. The van der Waals surface area contributed by atoms with Crippen molar-refractivity contribution < 1.29 is 32.2 Å². The van der Waals surface area contributed by atoms with Gasteiger partial charge in [-0.3, -0.25) is 4.79 Å². The van der Waals surface area contributed by atoms with Gasteiger partial charge in [-0.05, 0) is 36.8 Å². The van der Waals surface area contributed by atoms with Gasteiger partial charge in [-0.1, -0.05) is 29.8 Å². The van der Waals surface area contributed by atoms with Crippen LogP contribution in [0.25, 0.3) is 0 Å². The van der Waals surface area contributed by atoms with Crippen molar-refractivity contribution in [3.63, 3.8) is 0 Å². The molecule has 0 saturated carbocycles. The van der Waals surface area contributed by atoms with Crippen molar-refractivity contribution in [3.05, 3.63) is 75.8 Å². The molecule has 3 heterocycles. The number of benzene rings is 2. The van der Waals surface area contributed by atoms with Crippen LogP contribution in [0, 0.1) is 6.92 Å². The van der Waals surface area contributed by atoms with Crippen LogP contribution >= 0.6 is 11.6 Å². The Hall–Kier alpha value is -3.80. The van der Waals surface area contributed by atoms with E-state index in [1.54, 1.807) is 12.1 Å². The second-order valence-electron chi connectivity index (χ2n) is 9.84. The highest BCUT2D eigenvalue weighted by Gasteiger charge is 2.42. The third-order valence-electron chi connectivity index (χ3n) is 7.05. The molecule has 3 aromatic rings. The van der Waals surface area contributed by atoms with Crippen LogP contribution in [0.5, 0.6) is 5.75 Å². The highest BCUT2D eigenvalue weighted by molar-refractivity contribution is 6.30. The normalized spacial score (nSPS) is 20.6. The number of hydrogen-bond acceptors (Lipinski definition) is 6. The third-order valence-corrected chi connectivity index (χ3v) is 7.30. The van der Waals surface area contributed by atoms with Gasteiger partial charge in [-0.2, -0.15) is 13.2 Å². The molecule has 2 unspecified atom stereocenters. The van der Waals surface area contributed by atoms with Crippen molar-refractivity contribution in [2.75, 3.05) is 13.2 Å². The smallest absolute Gasteiger partial charge is 0.416 e. The third kappa shape index (κ3) is 5.86. The van der Waals surface area contributed by atoms with Gasteiger partial charge in [0.15, 0.2) is 5.82 Å². The lowest BCUT2D eigenvalue weighted by Gasteiger charge is -2.31. The summed E-state index contributed by atoms with van der Waals surface area (Å²) >= 11 is 6.03. The van der Waals surface area contributed by atoms with Crippen LogP contribution in [0.2, 0.25) is 5.02 Å². The lowest BCUT2D eigenvalue weighted by molar-refractivity contribution is -0.145. The molecule has 13 heteroatoms. The molecule has 2 aliphatic heterocycles. The number of halogens is 4. The number of amides is 2. The Bertz CT molecular complexity index is 1410. The number of hydrogen-bond donors (Lipinski definition) is 1. The lowest BCUT2D eigenvalue weighted by Crippen LogP contribution is -2.43. The van der Waals surface area contributed by atoms with Crippen molar-refractivity contribution in [2.45, 2.75) is 57.6 Å². The maximum absolute atomic E-state index is 13.7. The minimum absolute atomic E-state index is 0.0838. The van der Waals surface area contributed by atoms with Crippen LogP contribution < -0.4 is 10.1 Å². The van der Waals surface area contributed by atoms with Gasteiger partial charge in [0.25, 0.3) is 0 Å². The molecule has 0 radical (unpaired) electrons. The van der Waals surface area contributed by atoms with Gasteiger partial charge in [0, 0.05) is 30.4 Å². The summed E-state index contributed by atoms with van der Waals surface area (Å²) in [6.07, 6.45) is -4.39. The summed E-state index contributed by atoms with van der Waals surface area (Å²) < 4.78 is 52.4. The summed E-state index contributed by atoms with van der Waals surface area (Å²) in [6, 6.07) is 9.00. The molecule has 5 rings (SSSR count). The molecule has 0 spiro atoms. The van der Waals surface area contributed by atoms with E-state index in [1.165, 1.54) is 17.9 Å². The number of alkyl halides is 3. The summed E-state index contributed by atoms with van der Waals surface area (Å²) in [4.78, 5) is 26.9. The molecule has 1 saturated heterocycles. The Labute approximate surface area is 233 Å². The van der Waals surface area contributed by atoms with Crippen molar-refractivity contribution in [1.29, 1.82) is 0 Å². The molecule has 0 aliphatic carbocycles. The molecule has 2 aliphatic rings. The molecule has 2 amide bonds. The van der Waals surface area contributed by atoms with E-state index in [-0.39, 0.29) is 18.9 Å². The second-order valence-corrected chi connectivity index (χ2v) is 10.3. The van der Waals surface area contributed by atoms with E-state index < -0.39 is 41.9 Å². The standard InChI is InChI=1S/C27H27ClF3N5O4/c1-15-33-34-25(35(15)13-17-3-6-19(28)7-4-17)23-12-20(40-16(2)37)14-36(23)26(38)32-22-9-10-39-24-11-18(27(29,30)31)5-8-21(22)24/h3-8,11,20,22-23H,9-10,12-14H2,1-2H3,(H,32,38)/t20?,22?,23-/m1/s1. The molecule has 2 aromatic carbocycles. The number of fused-ring (bicyclic) bond motifs is 1. The first-order valence-corrected chi connectivity index (χ1v) is 13.1. The first kappa shape index (κ1) is 27.8. The monoisotopic (exact) mass is 577 g/mol. The van der Waals surface area contributed by atoms with Crippen molar-refractivity contribution in [1.82, 2.24) is 25.0 Å². The van der Waals surface area contributed by atoms with Crippen molar-refractivity contribution >= 4 is 23.6 Å². The van der Waals surface area contributed by atoms with Gasteiger partial charge in [0.1, 0.15) is 17.7 Å². The van der Waals surface area contributed by atoms with Gasteiger partial charge in [0.05, 0.1) is 37.3 Å². The lowest BCUT2D eigenvalue weighted by atomic mass is 9.98. The summed E-state index contributed by atoms with van der Waals surface area (Å²) in [5.74, 6) is 0.781. The van der Waals surface area contributed by atoms with E-state index >= 15 is 0 Å². The Morgan fingerprint density at radius 1 is 1.18 bits per heavy atom. The average molecular weight is 578 g/mol. The fourth-order valence-corrected chi connectivity index (χ4v) is 5.27. The Morgan fingerprint density at radius 3 is 2.62 bits per heavy atom. The number of carbonyl (C=O) groups excluding carboxylic acids is 2. The fraction of sp³-hybridized carbons (Fsp3) is 0.407. The molecule has 1 N–H and O–H groups in total. The average Bonchev–Trinajstić information content (AvgIpc) is 3.47. The second kappa shape index (κ2) is 11.0. The summed E-state index contributed by atoms with van der Waals surface area (Å²) in [6.45, 7) is 3.81.